The van der Waals surface area contributed by atoms with E-state index < -0.39 is 43.0 Å². The third kappa shape index (κ3) is 4.23. The predicted molar refractivity (Wildman–Crippen MR) is 120 cm³/mol. The first-order valence-electron chi connectivity index (χ1n) is 12.8. The summed E-state index contributed by atoms with van der Waals surface area (Å²) < 4.78 is 77.3. The van der Waals surface area contributed by atoms with Crippen LogP contribution >= 0.6 is 15.9 Å². The average Bonchev–Trinajstić information content (AvgIpc) is 3.09. The summed E-state index contributed by atoms with van der Waals surface area (Å²) in [5.41, 5.74) is 1.07. The maximum Gasteiger partial charge on any atom is 0.253 e. The Morgan fingerprint density at radius 2 is 1.94 bits per heavy atom. The molecule has 0 radical (unpaired) electrons. The van der Waals surface area contributed by atoms with Gasteiger partial charge in [-0.3, -0.25) is 9.69 Å². The van der Waals surface area contributed by atoms with Gasteiger partial charge >= 0.3 is 0 Å². The molecule has 1 fully saturated rings. The number of rotatable bonds is 4. The summed E-state index contributed by atoms with van der Waals surface area (Å²) >= 11 is 3.54. The van der Waals surface area contributed by atoms with Crippen LogP contribution in [0.5, 0.6) is 0 Å². The number of benzene rings is 1. The van der Waals surface area contributed by atoms with Crippen LogP contribution in [-0.2, 0) is 13.6 Å². The zero-order valence-electron chi connectivity index (χ0n) is 22.8. The van der Waals surface area contributed by atoms with Crippen LogP contribution in [0.15, 0.2) is 34.9 Å². The number of likely N-dealkylation sites (tertiary alicyclic amines) is 1. The molecule has 1 amide bonds. The van der Waals surface area contributed by atoms with E-state index in [4.69, 9.17) is 8.22 Å². The van der Waals surface area contributed by atoms with E-state index in [9.17, 15) is 4.79 Å². The van der Waals surface area contributed by atoms with Crippen molar-refractivity contribution in [1.82, 2.24) is 19.4 Å². The van der Waals surface area contributed by atoms with E-state index in [2.05, 4.69) is 31.9 Å². The number of aryl methyl sites for hydroxylation is 1. The zero-order valence-corrected chi connectivity index (χ0v) is 18.4. The lowest BCUT2D eigenvalue weighted by Crippen LogP contribution is -2.33. The van der Waals surface area contributed by atoms with Crippen molar-refractivity contribution in [2.24, 2.45) is 7.05 Å². The summed E-state index contributed by atoms with van der Waals surface area (Å²) in [7, 11) is 1.94. The van der Waals surface area contributed by atoms with E-state index >= 15 is 8.78 Å². The van der Waals surface area contributed by atoms with E-state index in [-0.39, 0.29) is 10.5 Å². The van der Waals surface area contributed by atoms with Gasteiger partial charge < -0.3 is 9.47 Å². The van der Waals surface area contributed by atoms with Crippen molar-refractivity contribution in [3.8, 4) is 0 Å². The number of hydrogen-bond acceptors (Lipinski definition) is 3. The van der Waals surface area contributed by atoms with Crippen LogP contribution in [0.1, 0.15) is 48.6 Å². The number of aromatic nitrogens is 2. The number of nitrogens with zero attached hydrogens (tertiary/aromatic N) is 4. The van der Waals surface area contributed by atoms with Gasteiger partial charge in [0.1, 0.15) is 17.3 Å². The van der Waals surface area contributed by atoms with Crippen LogP contribution in [0.25, 0.3) is 11.0 Å². The minimum Gasteiger partial charge on any atom is -0.345 e. The number of hydrogen-bond donors (Lipinski definition) is 0. The fraction of sp³-hybridized carbons (Fsp3) is 0.391. The molecule has 0 atom stereocenters. The largest absolute Gasteiger partial charge is 0.345 e. The third-order valence-corrected chi connectivity index (χ3v) is 6.58. The molecule has 0 spiro atoms. The number of halogens is 3. The van der Waals surface area contributed by atoms with Gasteiger partial charge in [-0.1, -0.05) is 0 Å². The lowest BCUT2D eigenvalue weighted by Gasteiger charge is -2.32. The Morgan fingerprint density at radius 1 is 1.26 bits per heavy atom. The Kier molecular flexibility index (Phi) is 4.33. The molecule has 3 heterocycles. The summed E-state index contributed by atoms with van der Waals surface area (Å²) in [6.45, 7) is -4.79. The lowest BCUT2D eigenvalue weighted by atomic mass is 9.88. The maximum absolute atomic E-state index is 15.0. The van der Waals surface area contributed by atoms with Crippen molar-refractivity contribution < 1.29 is 21.8 Å². The van der Waals surface area contributed by atoms with Gasteiger partial charge in [0.15, 0.2) is 0 Å². The van der Waals surface area contributed by atoms with E-state index in [0.29, 0.717) is 32.5 Å². The molecule has 1 aromatic carbocycles. The number of pyridine rings is 1. The van der Waals surface area contributed by atoms with Crippen LogP contribution < -0.4 is 0 Å². The topological polar surface area (TPSA) is 41.4 Å². The second kappa shape index (κ2) is 8.67. The number of piperidine rings is 1. The van der Waals surface area contributed by atoms with Crippen molar-refractivity contribution in [1.29, 1.82) is 0 Å². The van der Waals surface area contributed by atoms with Crippen LogP contribution in [-0.4, -0.2) is 52.3 Å². The van der Waals surface area contributed by atoms with Crippen molar-refractivity contribution >= 4 is 32.9 Å². The quantitative estimate of drug-likeness (QED) is 0.525. The molecule has 3 aromatic rings. The van der Waals surface area contributed by atoms with Gasteiger partial charge in [-0.25, -0.2) is 13.8 Å². The molecule has 0 aliphatic carbocycles. The lowest BCUT2D eigenvalue weighted by molar-refractivity contribution is 0.0826. The molecule has 31 heavy (non-hydrogen) atoms. The molecule has 0 unspecified atom stereocenters. The molecule has 0 bridgehead atoms. The van der Waals surface area contributed by atoms with E-state index in [1.165, 1.54) is 0 Å². The highest BCUT2D eigenvalue weighted by molar-refractivity contribution is 9.10. The molecule has 5 nitrogen and oxygen atoms in total. The molecule has 164 valence electrons. The molecule has 8 heteroatoms. The molecule has 1 aliphatic rings. The van der Waals surface area contributed by atoms with E-state index in [0.717, 1.165) is 33.3 Å². The van der Waals surface area contributed by atoms with Gasteiger partial charge in [0.25, 0.3) is 5.91 Å². The maximum atomic E-state index is 15.0. The van der Waals surface area contributed by atoms with Gasteiger partial charge in [-0.15, -0.1) is 0 Å². The number of amides is 1. The molecule has 1 aliphatic heterocycles. The highest BCUT2D eigenvalue weighted by Crippen LogP contribution is 2.33. The molecule has 0 N–H and O–H groups in total. The van der Waals surface area contributed by atoms with Crippen LogP contribution in [0.2, 0.25) is 0 Å². The first-order valence-corrected chi connectivity index (χ1v) is 10.6. The summed E-state index contributed by atoms with van der Waals surface area (Å²) in [5, 5.41) is 1.00. The van der Waals surface area contributed by atoms with E-state index in [1.807, 2.05) is 17.7 Å². The van der Waals surface area contributed by atoms with Crippen LogP contribution in [0, 0.1) is 11.6 Å². The molecule has 4 rings (SSSR count). The summed E-state index contributed by atoms with van der Waals surface area (Å²) in [5.74, 6) is -3.93. The van der Waals surface area contributed by atoms with Crippen molar-refractivity contribution in [2.75, 3.05) is 27.0 Å². The molecular weight excluding hydrogens is 466 g/mol. The van der Waals surface area contributed by atoms with Gasteiger partial charge in [-0.2, -0.15) is 0 Å². The minimum atomic E-state index is -3.31. The second-order valence-electron chi connectivity index (χ2n) is 7.77. The van der Waals surface area contributed by atoms with Gasteiger partial charge in [0, 0.05) is 68.6 Å². The number of carbonyl (C=O) groups is 1. The average molecular weight is 497 g/mol. The number of carbonyl (C=O) groups excluding carboxylic acids is 1. The molecule has 0 saturated carbocycles. The molecule has 1 saturated heterocycles. The monoisotopic (exact) mass is 496 g/mol. The van der Waals surface area contributed by atoms with Gasteiger partial charge in [-0.05, 0) is 72.0 Å². The second-order valence-corrected chi connectivity index (χ2v) is 8.62. The van der Waals surface area contributed by atoms with Gasteiger partial charge in [0.05, 0.1) is 0 Å². The summed E-state index contributed by atoms with van der Waals surface area (Å²) in [6.07, 6.45) is 2.68. The first-order chi connectivity index (χ1) is 17.2. The summed E-state index contributed by atoms with van der Waals surface area (Å²) in [6, 6.07) is 5.38. The van der Waals surface area contributed by atoms with Gasteiger partial charge in [0.2, 0.25) is 0 Å². The van der Waals surface area contributed by atoms with Crippen LogP contribution in [0.3, 0.4) is 0 Å². The van der Waals surface area contributed by atoms with Crippen LogP contribution in [0.4, 0.5) is 8.78 Å². The third-order valence-electron chi connectivity index (χ3n) is 5.89. The fourth-order valence-electron chi connectivity index (χ4n) is 4.23. The van der Waals surface area contributed by atoms with Crippen molar-refractivity contribution in [3.63, 3.8) is 0 Å². The number of fused-ring (bicyclic) bond motifs is 1. The summed E-state index contributed by atoms with van der Waals surface area (Å²) in [4.78, 5) is 18.9. The minimum absolute atomic E-state index is 0.178. The smallest absolute Gasteiger partial charge is 0.253 e. The highest BCUT2D eigenvalue weighted by atomic mass is 79.9. The zero-order chi connectivity index (χ0) is 27.3. The fourth-order valence-corrected chi connectivity index (χ4v) is 4.64. The normalized spacial score (nSPS) is 19.2. The van der Waals surface area contributed by atoms with E-state index in [1.54, 1.807) is 6.20 Å². The Morgan fingerprint density at radius 3 is 2.55 bits per heavy atom. The van der Waals surface area contributed by atoms with Crippen molar-refractivity contribution in [2.45, 2.75) is 25.3 Å². The highest BCUT2D eigenvalue weighted by Gasteiger charge is 2.27. The SMILES string of the molecule is [2H]C([2H])([2H])N(C(=O)c1cc(F)c(C2CCN(Cc3cc4c(Br)ccnc4n3C)CC2)c(F)c1)C([2H])([2H])[2H]. The molecular formula is C23H25BrF2N4O. The Bertz CT molecular complexity index is 1300. The first kappa shape index (κ1) is 15.5. The Labute approximate surface area is 197 Å². The Hall–Kier alpha value is -2.32. The molecule has 2 aromatic heterocycles. The standard InChI is InChI=1S/C23H25BrF2N4O/c1-28(2)23(31)15-10-19(25)21(20(26)11-15)14-5-8-30(9-6-14)13-16-12-17-18(24)4-7-27-22(17)29(16)3/h4,7,10-12,14H,5-6,8-9,13H2,1-3H3/i1D3,2D3. The Balaban J connectivity index is 1.49. The predicted octanol–water partition coefficient (Wildman–Crippen LogP) is 4.70. The van der Waals surface area contributed by atoms with Crippen molar-refractivity contribution in [3.05, 3.63) is 63.4 Å².